The molecular formula is C9H17NO4. The maximum atomic E-state index is 11.3. The van der Waals surface area contributed by atoms with Gasteiger partial charge in [0.25, 0.3) is 0 Å². The summed E-state index contributed by atoms with van der Waals surface area (Å²) in [6, 6.07) is 0. The highest BCUT2D eigenvalue weighted by Crippen LogP contribution is 2.09. The van der Waals surface area contributed by atoms with Crippen molar-refractivity contribution < 1.29 is 19.4 Å². The molecule has 0 fully saturated rings. The molecule has 0 spiro atoms. The summed E-state index contributed by atoms with van der Waals surface area (Å²) in [6.45, 7) is 3.71. The largest absolute Gasteiger partial charge is 0.479 e. The van der Waals surface area contributed by atoms with E-state index >= 15 is 0 Å². The molecule has 0 radical (unpaired) electrons. The normalized spacial score (nSPS) is 14.5. The van der Waals surface area contributed by atoms with Crippen LogP contribution in [0.15, 0.2) is 0 Å². The number of ether oxygens (including phenoxy) is 1. The number of esters is 1. The van der Waals surface area contributed by atoms with Crippen molar-refractivity contribution in [2.75, 3.05) is 6.61 Å². The molecule has 0 aliphatic rings. The Morgan fingerprint density at radius 2 is 2.00 bits per heavy atom. The smallest absolute Gasteiger partial charge is 0.337 e. The molecular weight excluding hydrogens is 186 g/mol. The third kappa shape index (κ3) is 2.99. The molecule has 3 N–H and O–H groups in total. The van der Waals surface area contributed by atoms with Crippen LogP contribution in [0.5, 0.6) is 0 Å². The molecule has 5 heteroatoms. The topological polar surface area (TPSA) is 89.6 Å². The number of carbonyl (C=O) groups is 2. The first-order chi connectivity index (χ1) is 6.49. The molecule has 0 saturated heterocycles. The van der Waals surface area contributed by atoms with Gasteiger partial charge in [-0.15, -0.1) is 0 Å². The zero-order chi connectivity index (χ0) is 11.2. The van der Waals surface area contributed by atoms with E-state index in [4.69, 9.17) is 15.6 Å². The second-order valence-corrected chi connectivity index (χ2v) is 3.12. The van der Waals surface area contributed by atoms with E-state index in [0.717, 1.165) is 6.42 Å². The number of nitrogens with two attached hydrogens (primary N) is 1. The van der Waals surface area contributed by atoms with Crippen LogP contribution in [0.2, 0.25) is 0 Å². The highest BCUT2D eigenvalue weighted by Gasteiger charge is 2.42. The van der Waals surface area contributed by atoms with E-state index in [9.17, 15) is 9.59 Å². The van der Waals surface area contributed by atoms with Crippen LogP contribution in [0.3, 0.4) is 0 Å². The second-order valence-electron chi connectivity index (χ2n) is 3.12. The molecule has 0 aromatic rings. The molecule has 0 amide bonds. The number of rotatable bonds is 6. The van der Waals surface area contributed by atoms with Crippen molar-refractivity contribution in [3.05, 3.63) is 0 Å². The van der Waals surface area contributed by atoms with Gasteiger partial charge in [0, 0.05) is 0 Å². The van der Waals surface area contributed by atoms with Gasteiger partial charge in [-0.25, -0.2) is 9.59 Å². The zero-order valence-electron chi connectivity index (χ0n) is 8.58. The van der Waals surface area contributed by atoms with E-state index in [1.165, 1.54) is 6.92 Å². The fourth-order valence-electron chi connectivity index (χ4n) is 0.821. The van der Waals surface area contributed by atoms with Gasteiger partial charge in [-0.05, 0) is 12.8 Å². The first-order valence-corrected chi connectivity index (χ1v) is 4.68. The first kappa shape index (κ1) is 12.9. The van der Waals surface area contributed by atoms with Crippen LogP contribution in [0, 0.1) is 0 Å². The molecule has 14 heavy (non-hydrogen) atoms. The van der Waals surface area contributed by atoms with Gasteiger partial charge in [0.1, 0.15) is 0 Å². The molecule has 5 nitrogen and oxygen atoms in total. The summed E-state index contributed by atoms with van der Waals surface area (Å²) in [7, 11) is 0. The third-order valence-corrected chi connectivity index (χ3v) is 2.03. The summed E-state index contributed by atoms with van der Waals surface area (Å²) in [5, 5.41) is 8.73. The molecule has 0 heterocycles. The van der Waals surface area contributed by atoms with Crippen LogP contribution in [-0.2, 0) is 14.3 Å². The monoisotopic (exact) mass is 203 g/mol. The van der Waals surface area contributed by atoms with Gasteiger partial charge >= 0.3 is 11.9 Å². The Bertz CT molecular complexity index is 217. The Morgan fingerprint density at radius 3 is 2.36 bits per heavy atom. The first-order valence-electron chi connectivity index (χ1n) is 4.68. The minimum Gasteiger partial charge on any atom is -0.479 e. The molecule has 1 atom stereocenters. The van der Waals surface area contributed by atoms with E-state index in [1.807, 2.05) is 6.92 Å². The van der Waals surface area contributed by atoms with Crippen LogP contribution in [0.1, 0.15) is 33.1 Å². The summed E-state index contributed by atoms with van der Waals surface area (Å²) in [5.74, 6) is -2.21. The Balaban J connectivity index is 4.25. The standard InChI is InChI=1S/C9H17NO4/c1-3-5-6-14-8(13)9(10,4-2)7(11)12/h3-6,10H2,1-2H3,(H,11,12). The molecule has 0 bridgehead atoms. The molecule has 82 valence electrons. The Morgan fingerprint density at radius 1 is 1.43 bits per heavy atom. The highest BCUT2D eigenvalue weighted by atomic mass is 16.5. The maximum Gasteiger partial charge on any atom is 0.337 e. The van der Waals surface area contributed by atoms with E-state index in [0.29, 0.717) is 6.42 Å². The van der Waals surface area contributed by atoms with Gasteiger partial charge in [0.2, 0.25) is 5.54 Å². The van der Waals surface area contributed by atoms with Crippen LogP contribution < -0.4 is 5.73 Å². The van der Waals surface area contributed by atoms with Crippen molar-refractivity contribution in [3.63, 3.8) is 0 Å². The summed E-state index contributed by atoms with van der Waals surface area (Å²) >= 11 is 0. The van der Waals surface area contributed by atoms with Crippen molar-refractivity contribution in [1.29, 1.82) is 0 Å². The van der Waals surface area contributed by atoms with Gasteiger partial charge in [-0.1, -0.05) is 20.3 Å². The fraction of sp³-hybridized carbons (Fsp3) is 0.778. The summed E-state index contributed by atoms with van der Waals surface area (Å²) in [4.78, 5) is 22.0. The molecule has 0 aliphatic carbocycles. The van der Waals surface area contributed by atoms with Crippen molar-refractivity contribution in [2.45, 2.75) is 38.6 Å². The predicted molar refractivity (Wildman–Crippen MR) is 50.7 cm³/mol. The number of hydrogen-bond donors (Lipinski definition) is 2. The maximum absolute atomic E-state index is 11.3. The lowest BCUT2D eigenvalue weighted by molar-refractivity contribution is -0.161. The van der Waals surface area contributed by atoms with Crippen molar-refractivity contribution >= 4 is 11.9 Å². The summed E-state index contributed by atoms with van der Waals surface area (Å²) in [5.41, 5.74) is 3.50. The van der Waals surface area contributed by atoms with Gasteiger partial charge in [0.05, 0.1) is 6.61 Å². The van der Waals surface area contributed by atoms with Gasteiger partial charge in [0.15, 0.2) is 0 Å². The van der Waals surface area contributed by atoms with Gasteiger partial charge in [-0.3, -0.25) is 0 Å². The SMILES string of the molecule is CCCCOC(=O)C(N)(CC)C(=O)O. The highest BCUT2D eigenvalue weighted by molar-refractivity contribution is 6.03. The predicted octanol–water partition coefficient (Wildman–Crippen LogP) is 0.522. The van der Waals surface area contributed by atoms with Crippen molar-refractivity contribution in [3.8, 4) is 0 Å². The van der Waals surface area contributed by atoms with Gasteiger partial charge in [-0.2, -0.15) is 0 Å². The molecule has 0 aromatic heterocycles. The van der Waals surface area contributed by atoms with Crippen molar-refractivity contribution in [2.24, 2.45) is 5.73 Å². The van der Waals surface area contributed by atoms with E-state index < -0.39 is 17.5 Å². The van der Waals surface area contributed by atoms with Crippen LogP contribution >= 0.6 is 0 Å². The van der Waals surface area contributed by atoms with E-state index in [2.05, 4.69) is 0 Å². The Hall–Kier alpha value is -1.10. The van der Waals surface area contributed by atoms with Crippen LogP contribution in [0.4, 0.5) is 0 Å². The number of aliphatic carboxylic acids is 1. The lowest BCUT2D eigenvalue weighted by Gasteiger charge is -2.20. The summed E-state index contributed by atoms with van der Waals surface area (Å²) in [6.07, 6.45) is 1.61. The third-order valence-electron chi connectivity index (χ3n) is 2.03. The average molecular weight is 203 g/mol. The number of carboxylic acid groups (broad SMARTS) is 1. The van der Waals surface area contributed by atoms with Gasteiger partial charge < -0.3 is 15.6 Å². The second kappa shape index (κ2) is 5.59. The quantitative estimate of drug-likeness (QED) is 0.373. The van der Waals surface area contributed by atoms with Crippen LogP contribution in [-0.4, -0.2) is 29.2 Å². The molecule has 0 rings (SSSR count). The lowest BCUT2D eigenvalue weighted by Crippen LogP contribution is -2.55. The lowest BCUT2D eigenvalue weighted by atomic mass is 9.98. The molecule has 0 saturated carbocycles. The Kier molecular flexibility index (Phi) is 5.15. The number of hydrogen-bond acceptors (Lipinski definition) is 4. The molecule has 1 unspecified atom stereocenters. The fourth-order valence-corrected chi connectivity index (χ4v) is 0.821. The molecule has 0 aliphatic heterocycles. The Labute approximate surface area is 83.2 Å². The van der Waals surface area contributed by atoms with E-state index in [-0.39, 0.29) is 13.0 Å². The van der Waals surface area contributed by atoms with E-state index in [1.54, 1.807) is 0 Å². The summed E-state index contributed by atoms with van der Waals surface area (Å²) < 4.78 is 4.76. The van der Waals surface area contributed by atoms with Crippen molar-refractivity contribution in [1.82, 2.24) is 0 Å². The molecule has 0 aromatic carbocycles. The number of carbonyl (C=O) groups excluding carboxylic acids is 1. The minimum absolute atomic E-state index is 0.0211. The minimum atomic E-state index is -1.90. The number of unbranched alkanes of at least 4 members (excludes halogenated alkanes) is 1. The number of carboxylic acids is 1. The zero-order valence-corrected chi connectivity index (χ0v) is 8.58. The average Bonchev–Trinajstić information content (AvgIpc) is 2.16. The van der Waals surface area contributed by atoms with Crippen LogP contribution in [0.25, 0.3) is 0 Å².